The standard InChI is InChI=1S/C21H24N2O4S/c1-14(2)27-21(26)16-5-7-17(8-6-16)22-19(24)15-9-11-23(12-10-15)20(25)18-4-3-13-28-18/h3-8,13-15H,9-12H2,1-2H3,(H,22,24). The molecular weight excluding hydrogens is 376 g/mol. The van der Waals surface area contributed by atoms with Crippen molar-refractivity contribution in [3.8, 4) is 0 Å². The summed E-state index contributed by atoms with van der Waals surface area (Å²) in [5.74, 6) is -0.521. The molecule has 1 aromatic carbocycles. The zero-order valence-corrected chi connectivity index (χ0v) is 16.8. The van der Waals surface area contributed by atoms with Crippen molar-refractivity contribution in [2.75, 3.05) is 18.4 Å². The average molecular weight is 401 g/mol. The van der Waals surface area contributed by atoms with Crippen molar-refractivity contribution < 1.29 is 19.1 Å². The number of anilines is 1. The smallest absolute Gasteiger partial charge is 0.338 e. The van der Waals surface area contributed by atoms with Gasteiger partial charge >= 0.3 is 5.97 Å². The van der Waals surface area contributed by atoms with Gasteiger partial charge in [-0.25, -0.2) is 4.79 Å². The monoisotopic (exact) mass is 400 g/mol. The van der Waals surface area contributed by atoms with Gasteiger partial charge in [0.05, 0.1) is 16.5 Å². The van der Waals surface area contributed by atoms with E-state index in [1.165, 1.54) is 11.3 Å². The minimum Gasteiger partial charge on any atom is -0.459 e. The van der Waals surface area contributed by atoms with Crippen LogP contribution in [-0.2, 0) is 9.53 Å². The first-order valence-electron chi connectivity index (χ1n) is 9.38. The summed E-state index contributed by atoms with van der Waals surface area (Å²) < 4.78 is 5.15. The normalized spacial score (nSPS) is 14.8. The van der Waals surface area contributed by atoms with Gasteiger partial charge in [-0.2, -0.15) is 0 Å². The number of likely N-dealkylation sites (tertiary alicyclic amines) is 1. The van der Waals surface area contributed by atoms with Gasteiger partial charge in [0.25, 0.3) is 5.91 Å². The summed E-state index contributed by atoms with van der Waals surface area (Å²) in [4.78, 5) is 39.3. The van der Waals surface area contributed by atoms with E-state index in [9.17, 15) is 14.4 Å². The molecule has 2 heterocycles. The molecule has 1 aliphatic heterocycles. The van der Waals surface area contributed by atoms with Crippen molar-refractivity contribution in [1.82, 2.24) is 4.90 Å². The Bertz CT molecular complexity index is 823. The molecule has 2 amide bonds. The number of amides is 2. The molecule has 0 saturated carbocycles. The lowest BCUT2D eigenvalue weighted by molar-refractivity contribution is -0.121. The van der Waals surface area contributed by atoms with E-state index in [2.05, 4.69) is 5.32 Å². The lowest BCUT2D eigenvalue weighted by atomic mass is 9.95. The van der Waals surface area contributed by atoms with Gasteiger partial charge in [0.15, 0.2) is 0 Å². The molecule has 1 N–H and O–H groups in total. The molecule has 2 aromatic rings. The first kappa shape index (κ1) is 20.1. The minimum atomic E-state index is -0.379. The fourth-order valence-corrected chi connectivity index (χ4v) is 3.81. The van der Waals surface area contributed by atoms with Gasteiger partial charge in [0.1, 0.15) is 0 Å². The Morgan fingerprint density at radius 1 is 1.11 bits per heavy atom. The Kier molecular flexibility index (Phi) is 6.46. The number of carbonyl (C=O) groups excluding carboxylic acids is 3. The van der Waals surface area contributed by atoms with Crippen LogP contribution in [0.3, 0.4) is 0 Å². The molecule has 0 aliphatic carbocycles. The predicted molar refractivity (Wildman–Crippen MR) is 109 cm³/mol. The van der Waals surface area contributed by atoms with E-state index in [1.807, 2.05) is 22.4 Å². The van der Waals surface area contributed by atoms with E-state index in [1.54, 1.807) is 38.1 Å². The molecule has 0 radical (unpaired) electrons. The number of hydrogen-bond acceptors (Lipinski definition) is 5. The van der Waals surface area contributed by atoms with E-state index >= 15 is 0 Å². The van der Waals surface area contributed by atoms with Crippen LogP contribution in [0.2, 0.25) is 0 Å². The molecule has 7 heteroatoms. The van der Waals surface area contributed by atoms with Gasteiger partial charge in [-0.05, 0) is 62.4 Å². The van der Waals surface area contributed by atoms with Crippen molar-refractivity contribution in [2.45, 2.75) is 32.8 Å². The maximum atomic E-state index is 12.5. The molecule has 1 fully saturated rings. The van der Waals surface area contributed by atoms with E-state index in [-0.39, 0.29) is 29.8 Å². The molecule has 28 heavy (non-hydrogen) atoms. The summed E-state index contributed by atoms with van der Waals surface area (Å²) in [6, 6.07) is 10.4. The predicted octanol–water partition coefficient (Wildman–Crippen LogP) is 3.80. The van der Waals surface area contributed by atoms with Crippen LogP contribution in [0.15, 0.2) is 41.8 Å². The summed E-state index contributed by atoms with van der Waals surface area (Å²) in [6.45, 7) is 4.75. The van der Waals surface area contributed by atoms with Crippen LogP contribution in [0.25, 0.3) is 0 Å². The average Bonchev–Trinajstić information content (AvgIpc) is 3.22. The molecule has 148 valence electrons. The van der Waals surface area contributed by atoms with Crippen LogP contribution >= 0.6 is 11.3 Å². The Morgan fingerprint density at radius 3 is 2.36 bits per heavy atom. The van der Waals surface area contributed by atoms with Gasteiger partial charge in [0, 0.05) is 24.7 Å². The van der Waals surface area contributed by atoms with Gasteiger partial charge < -0.3 is 15.0 Å². The van der Waals surface area contributed by atoms with Crippen molar-refractivity contribution in [1.29, 1.82) is 0 Å². The first-order chi connectivity index (χ1) is 13.4. The molecule has 0 spiro atoms. The van der Waals surface area contributed by atoms with Crippen molar-refractivity contribution in [2.24, 2.45) is 5.92 Å². The third kappa shape index (κ3) is 4.98. The molecule has 0 unspecified atom stereocenters. The van der Waals surface area contributed by atoms with Gasteiger partial charge in [0.2, 0.25) is 5.91 Å². The number of esters is 1. The lowest BCUT2D eigenvalue weighted by Crippen LogP contribution is -2.41. The van der Waals surface area contributed by atoms with Crippen LogP contribution < -0.4 is 5.32 Å². The maximum absolute atomic E-state index is 12.5. The summed E-state index contributed by atoms with van der Waals surface area (Å²) >= 11 is 1.44. The summed E-state index contributed by atoms with van der Waals surface area (Å²) in [5, 5.41) is 4.79. The Balaban J connectivity index is 1.50. The zero-order chi connectivity index (χ0) is 20.1. The Morgan fingerprint density at radius 2 is 1.79 bits per heavy atom. The van der Waals surface area contributed by atoms with Crippen LogP contribution in [-0.4, -0.2) is 41.9 Å². The number of benzene rings is 1. The topological polar surface area (TPSA) is 75.7 Å². The van der Waals surface area contributed by atoms with Gasteiger partial charge in [-0.15, -0.1) is 11.3 Å². The highest BCUT2D eigenvalue weighted by atomic mass is 32.1. The maximum Gasteiger partial charge on any atom is 0.338 e. The highest BCUT2D eigenvalue weighted by Crippen LogP contribution is 2.22. The lowest BCUT2D eigenvalue weighted by Gasteiger charge is -2.31. The summed E-state index contributed by atoms with van der Waals surface area (Å²) in [7, 11) is 0. The van der Waals surface area contributed by atoms with Crippen LogP contribution in [0, 0.1) is 5.92 Å². The molecule has 3 rings (SSSR count). The minimum absolute atomic E-state index is 0.0396. The Hall–Kier alpha value is -2.67. The first-order valence-corrected chi connectivity index (χ1v) is 10.3. The number of nitrogens with zero attached hydrogens (tertiary/aromatic N) is 1. The second kappa shape index (κ2) is 9.01. The number of carbonyl (C=O) groups is 3. The second-order valence-electron chi connectivity index (χ2n) is 7.06. The summed E-state index contributed by atoms with van der Waals surface area (Å²) in [5.41, 5.74) is 1.09. The third-order valence-electron chi connectivity index (χ3n) is 4.62. The second-order valence-corrected chi connectivity index (χ2v) is 8.01. The van der Waals surface area contributed by atoms with Crippen molar-refractivity contribution in [3.63, 3.8) is 0 Å². The van der Waals surface area contributed by atoms with E-state index < -0.39 is 0 Å². The number of hydrogen-bond donors (Lipinski definition) is 1. The fourth-order valence-electron chi connectivity index (χ4n) is 3.12. The molecule has 6 nitrogen and oxygen atoms in total. The van der Waals surface area contributed by atoms with Crippen molar-refractivity contribution >= 4 is 34.8 Å². The summed E-state index contributed by atoms with van der Waals surface area (Å²) in [6.07, 6.45) is 1.10. The fraction of sp³-hybridized carbons (Fsp3) is 0.381. The van der Waals surface area contributed by atoms with Crippen molar-refractivity contribution in [3.05, 3.63) is 52.2 Å². The van der Waals surface area contributed by atoms with E-state index in [0.29, 0.717) is 37.2 Å². The zero-order valence-electron chi connectivity index (χ0n) is 16.0. The quantitative estimate of drug-likeness (QED) is 0.775. The number of thiophene rings is 1. The number of nitrogens with one attached hydrogen (secondary N) is 1. The molecule has 1 saturated heterocycles. The van der Waals surface area contributed by atoms with E-state index in [0.717, 1.165) is 4.88 Å². The van der Waals surface area contributed by atoms with Gasteiger partial charge in [-0.1, -0.05) is 6.07 Å². The molecule has 1 aromatic heterocycles. The van der Waals surface area contributed by atoms with Crippen LogP contribution in [0.5, 0.6) is 0 Å². The Labute approximate surface area is 168 Å². The van der Waals surface area contributed by atoms with E-state index in [4.69, 9.17) is 4.74 Å². The molecule has 1 aliphatic rings. The van der Waals surface area contributed by atoms with Gasteiger partial charge in [-0.3, -0.25) is 9.59 Å². The highest BCUT2D eigenvalue weighted by Gasteiger charge is 2.28. The SMILES string of the molecule is CC(C)OC(=O)c1ccc(NC(=O)C2CCN(C(=O)c3cccs3)CC2)cc1. The van der Waals surface area contributed by atoms with Crippen LogP contribution in [0.1, 0.15) is 46.7 Å². The number of rotatable bonds is 5. The highest BCUT2D eigenvalue weighted by molar-refractivity contribution is 7.12. The number of ether oxygens (including phenoxy) is 1. The van der Waals surface area contributed by atoms with Crippen LogP contribution in [0.4, 0.5) is 5.69 Å². The molecule has 0 atom stereocenters. The molecule has 0 bridgehead atoms. The molecular formula is C21H24N2O4S. The largest absolute Gasteiger partial charge is 0.459 e. The number of piperidine rings is 1. The third-order valence-corrected chi connectivity index (χ3v) is 5.47.